The van der Waals surface area contributed by atoms with E-state index in [0.717, 1.165) is 0 Å². The molecule has 0 fully saturated rings. The van der Waals surface area contributed by atoms with Crippen molar-refractivity contribution in [3.63, 3.8) is 0 Å². The third-order valence-corrected chi connectivity index (χ3v) is 2.37. The summed E-state index contributed by atoms with van der Waals surface area (Å²) in [7, 11) is 0. The number of urea groups is 1. The van der Waals surface area contributed by atoms with E-state index < -0.39 is 23.8 Å². The molecule has 1 atom stereocenters. The Morgan fingerprint density at radius 3 is 2.21 bits per heavy atom. The Hall–Kier alpha value is -1.79. The van der Waals surface area contributed by atoms with E-state index in [9.17, 15) is 14.4 Å². The number of hydrogen-bond acceptors (Lipinski definition) is 3. The van der Waals surface area contributed by atoms with Crippen molar-refractivity contribution >= 4 is 17.9 Å². The number of aliphatic carboxylic acids is 1. The summed E-state index contributed by atoms with van der Waals surface area (Å²) in [4.78, 5) is 32.9. The maximum Gasteiger partial charge on any atom is 0.314 e. The van der Waals surface area contributed by atoms with Crippen molar-refractivity contribution in [3.05, 3.63) is 0 Å². The van der Waals surface area contributed by atoms with Crippen molar-refractivity contribution in [2.24, 2.45) is 17.1 Å². The highest BCUT2D eigenvalue weighted by Crippen LogP contribution is 2.24. The van der Waals surface area contributed by atoms with Gasteiger partial charge in [0.1, 0.15) is 0 Å². The second-order valence-electron chi connectivity index (χ2n) is 5.65. The standard InChI is InChI=1S/C12H23N3O4/c1-12(2,3)6-8(10(17)18)7-15-11(19)14-5-4-9(13)16/h8H,4-7H2,1-3H3,(H2,13,16)(H,17,18)(H2,14,15,19). The minimum atomic E-state index is -0.938. The van der Waals surface area contributed by atoms with E-state index in [2.05, 4.69) is 10.6 Å². The fourth-order valence-corrected chi connectivity index (χ4v) is 1.56. The van der Waals surface area contributed by atoms with Crippen molar-refractivity contribution in [2.45, 2.75) is 33.6 Å². The summed E-state index contributed by atoms with van der Waals surface area (Å²) in [6.07, 6.45) is 0.516. The van der Waals surface area contributed by atoms with Crippen LogP contribution in [0.1, 0.15) is 33.6 Å². The van der Waals surface area contributed by atoms with Gasteiger partial charge < -0.3 is 21.5 Å². The lowest BCUT2D eigenvalue weighted by Gasteiger charge is -2.23. The third kappa shape index (κ3) is 9.87. The molecule has 0 bridgehead atoms. The molecule has 0 aromatic rings. The summed E-state index contributed by atoms with van der Waals surface area (Å²) in [5.74, 6) is -2.08. The van der Waals surface area contributed by atoms with Crippen LogP contribution in [0.25, 0.3) is 0 Å². The Morgan fingerprint density at radius 2 is 1.79 bits per heavy atom. The van der Waals surface area contributed by atoms with E-state index >= 15 is 0 Å². The monoisotopic (exact) mass is 273 g/mol. The lowest BCUT2D eigenvalue weighted by molar-refractivity contribution is -0.142. The Bertz CT molecular complexity index is 336. The molecule has 0 saturated carbocycles. The molecule has 7 heteroatoms. The number of hydrogen-bond donors (Lipinski definition) is 4. The first-order chi connectivity index (χ1) is 8.61. The van der Waals surface area contributed by atoms with Crippen LogP contribution in [0.3, 0.4) is 0 Å². The zero-order valence-electron chi connectivity index (χ0n) is 11.7. The van der Waals surface area contributed by atoms with Gasteiger partial charge in [0.25, 0.3) is 0 Å². The Kier molecular flexibility index (Phi) is 6.89. The van der Waals surface area contributed by atoms with Crippen molar-refractivity contribution < 1.29 is 19.5 Å². The molecular formula is C12H23N3O4. The number of primary amides is 1. The lowest BCUT2D eigenvalue weighted by Crippen LogP contribution is -2.41. The van der Waals surface area contributed by atoms with E-state index in [0.29, 0.717) is 6.42 Å². The second kappa shape index (κ2) is 7.60. The van der Waals surface area contributed by atoms with Crippen LogP contribution in [0.2, 0.25) is 0 Å². The largest absolute Gasteiger partial charge is 0.481 e. The molecule has 3 amide bonds. The Morgan fingerprint density at radius 1 is 1.21 bits per heavy atom. The van der Waals surface area contributed by atoms with E-state index in [1.165, 1.54) is 0 Å². The zero-order chi connectivity index (χ0) is 15.1. The molecule has 0 radical (unpaired) electrons. The molecule has 0 aromatic heterocycles. The number of carbonyl (C=O) groups is 3. The van der Waals surface area contributed by atoms with Gasteiger partial charge in [-0.1, -0.05) is 20.8 Å². The smallest absolute Gasteiger partial charge is 0.314 e. The van der Waals surface area contributed by atoms with Crippen LogP contribution in [0, 0.1) is 11.3 Å². The minimum absolute atomic E-state index is 0.0506. The molecule has 0 spiro atoms. The third-order valence-electron chi connectivity index (χ3n) is 2.37. The summed E-state index contributed by atoms with van der Waals surface area (Å²) in [5.41, 5.74) is 4.79. The van der Waals surface area contributed by atoms with Gasteiger partial charge >= 0.3 is 12.0 Å². The molecule has 1 unspecified atom stereocenters. The van der Waals surface area contributed by atoms with Gasteiger partial charge in [-0.25, -0.2) is 4.79 Å². The maximum atomic E-state index is 11.3. The van der Waals surface area contributed by atoms with Crippen molar-refractivity contribution in [2.75, 3.05) is 13.1 Å². The predicted molar refractivity (Wildman–Crippen MR) is 70.4 cm³/mol. The van der Waals surface area contributed by atoms with Crippen molar-refractivity contribution in [1.29, 1.82) is 0 Å². The molecule has 0 heterocycles. The zero-order valence-corrected chi connectivity index (χ0v) is 11.7. The van der Waals surface area contributed by atoms with Gasteiger partial charge in [-0.15, -0.1) is 0 Å². The quantitative estimate of drug-likeness (QED) is 0.533. The first-order valence-corrected chi connectivity index (χ1v) is 6.14. The molecule has 0 saturated heterocycles. The van der Waals surface area contributed by atoms with Crippen LogP contribution in [0.5, 0.6) is 0 Å². The molecule has 0 aliphatic carbocycles. The predicted octanol–water partition coefficient (Wildman–Crippen LogP) is 0.298. The highest BCUT2D eigenvalue weighted by molar-refractivity contribution is 5.77. The van der Waals surface area contributed by atoms with Crippen molar-refractivity contribution in [3.8, 4) is 0 Å². The molecule has 0 aliphatic heterocycles. The van der Waals surface area contributed by atoms with Crippen LogP contribution in [-0.4, -0.2) is 36.1 Å². The second-order valence-corrected chi connectivity index (χ2v) is 5.65. The highest BCUT2D eigenvalue weighted by Gasteiger charge is 2.24. The number of carboxylic acid groups (broad SMARTS) is 1. The minimum Gasteiger partial charge on any atom is -0.481 e. The number of nitrogens with one attached hydrogen (secondary N) is 2. The van der Waals surface area contributed by atoms with Gasteiger partial charge in [-0.3, -0.25) is 9.59 Å². The normalized spacial score (nSPS) is 12.6. The van der Waals surface area contributed by atoms with E-state index in [1.54, 1.807) is 0 Å². The molecular weight excluding hydrogens is 250 g/mol. The Labute approximate surface area is 112 Å². The topological polar surface area (TPSA) is 122 Å². The maximum absolute atomic E-state index is 11.3. The van der Waals surface area contributed by atoms with Gasteiger partial charge in [0, 0.05) is 19.5 Å². The molecule has 0 rings (SSSR count). The number of carboxylic acids is 1. The lowest BCUT2D eigenvalue weighted by atomic mass is 9.84. The average molecular weight is 273 g/mol. The van der Waals surface area contributed by atoms with E-state index in [4.69, 9.17) is 10.8 Å². The SMILES string of the molecule is CC(C)(C)CC(CNC(=O)NCCC(N)=O)C(=O)O. The average Bonchev–Trinajstić information content (AvgIpc) is 2.21. The summed E-state index contributed by atoms with van der Waals surface area (Å²) < 4.78 is 0. The molecule has 19 heavy (non-hydrogen) atoms. The first kappa shape index (κ1) is 17.2. The molecule has 7 nitrogen and oxygen atoms in total. The first-order valence-electron chi connectivity index (χ1n) is 6.14. The van der Waals surface area contributed by atoms with Crippen LogP contribution in [-0.2, 0) is 9.59 Å². The molecule has 5 N–H and O–H groups in total. The van der Waals surface area contributed by atoms with Crippen LogP contribution in [0.15, 0.2) is 0 Å². The molecule has 0 aliphatic rings. The van der Waals surface area contributed by atoms with Gasteiger partial charge in [0.2, 0.25) is 5.91 Å². The van der Waals surface area contributed by atoms with E-state index in [-0.39, 0.29) is 24.9 Å². The summed E-state index contributed by atoms with van der Waals surface area (Å²) in [6.45, 7) is 6.01. The fraction of sp³-hybridized carbons (Fsp3) is 0.750. The van der Waals surface area contributed by atoms with Gasteiger partial charge in [-0.2, -0.15) is 0 Å². The fourth-order valence-electron chi connectivity index (χ4n) is 1.56. The molecule has 0 aromatic carbocycles. The van der Waals surface area contributed by atoms with Crippen LogP contribution < -0.4 is 16.4 Å². The van der Waals surface area contributed by atoms with Gasteiger partial charge in [0.05, 0.1) is 5.92 Å². The summed E-state index contributed by atoms with van der Waals surface area (Å²) >= 11 is 0. The molecule has 110 valence electrons. The summed E-state index contributed by atoms with van der Waals surface area (Å²) in [5, 5.41) is 14.0. The highest BCUT2D eigenvalue weighted by atomic mass is 16.4. The number of rotatable bonds is 7. The van der Waals surface area contributed by atoms with E-state index in [1.807, 2.05) is 20.8 Å². The van der Waals surface area contributed by atoms with Gasteiger partial charge in [-0.05, 0) is 11.8 Å². The summed E-state index contributed by atoms with van der Waals surface area (Å²) in [6, 6.07) is -0.499. The number of nitrogens with two attached hydrogens (primary N) is 1. The van der Waals surface area contributed by atoms with Crippen LogP contribution >= 0.6 is 0 Å². The van der Waals surface area contributed by atoms with Crippen LogP contribution in [0.4, 0.5) is 4.79 Å². The Balaban J connectivity index is 4.08. The number of amides is 3. The van der Waals surface area contributed by atoms with Gasteiger partial charge in [0.15, 0.2) is 0 Å². The number of carbonyl (C=O) groups excluding carboxylic acids is 2. The van der Waals surface area contributed by atoms with Crippen molar-refractivity contribution in [1.82, 2.24) is 10.6 Å².